The van der Waals surface area contributed by atoms with E-state index >= 15 is 0 Å². The predicted molar refractivity (Wildman–Crippen MR) is 189 cm³/mol. The van der Waals surface area contributed by atoms with Crippen LogP contribution in [-0.4, -0.2) is 38.5 Å². The smallest absolute Gasteiger partial charge is 0.338 e. The second-order valence-corrected chi connectivity index (χ2v) is 13.7. The lowest BCUT2D eigenvalue weighted by Gasteiger charge is -2.26. The lowest BCUT2D eigenvalue weighted by molar-refractivity contribution is -0.139. The van der Waals surface area contributed by atoms with E-state index in [0.29, 0.717) is 68.1 Å². The summed E-state index contributed by atoms with van der Waals surface area (Å²) in [6.07, 6.45) is 1.74. The molecule has 14 heteroatoms. The molecule has 0 radical (unpaired) electrons. The van der Waals surface area contributed by atoms with Crippen LogP contribution in [0.3, 0.4) is 0 Å². The van der Waals surface area contributed by atoms with Crippen LogP contribution >= 0.6 is 66.4 Å². The number of hydrogen-bond donors (Lipinski definition) is 0. The molecule has 0 saturated carbocycles. The average Bonchev–Trinajstić information content (AvgIpc) is 3.33. The predicted octanol–water partition coefficient (Wildman–Crippen LogP) is 7.23. The standard InChI is InChI=1S/C33H28Br2Cl2N2O7S/c1-6-45-32(41)28-16(2)38-33-39(29(28)20-13-24(42-3)25(43-4)14-21(20)34)31(40)27(47-33)11-17-9-22(35)30(26(10-17)44-5)46-15-18-7-8-19(36)12-23(18)37/h7-14,29H,6,15H2,1-5H3/b27-11-/t29-/m1/s1. The SMILES string of the molecule is CCOC(=O)C1=C(C)N=c2s/c(=C\c3cc(Br)c(OCc4ccc(Cl)cc4Cl)c(OC)c3)c(=O)n2[C@@H]1c1cc(OC)c(OC)cc1Br. The molecule has 3 aromatic carbocycles. The molecule has 0 N–H and O–H groups in total. The largest absolute Gasteiger partial charge is 0.493 e. The lowest BCUT2D eigenvalue weighted by Crippen LogP contribution is -2.40. The highest BCUT2D eigenvalue weighted by atomic mass is 79.9. The number of benzene rings is 3. The van der Waals surface area contributed by atoms with E-state index in [2.05, 4.69) is 36.9 Å². The number of esters is 1. The van der Waals surface area contributed by atoms with Crippen molar-refractivity contribution >= 4 is 78.4 Å². The fourth-order valence-corrected chi connectivity index (χ4v) is 7.69. The second-order valence-electron chi connectivity index (χ2n) is 10.1. The Morgan fingerprint density at radius 1 is 1.00 bits per heavy atom. The number of nitrogens with zero attached hydrogens (tertiary/aromatic N) is 2. The second kappa shape index (κ2) is 14.9. The molecule has 0 fully saturated rings. The molecule has 9 nitrogen and oxygen atoms in total. The summed E-state index contributed by atoms with van der Waals surface area (Å²) >= 11 is 20.8. The van der Waals surface area contributed by atoms with Gasteiger partial charge in [-0.25, -0.2) is 9.79 Å². The highest BCUT2D eigenvalue weighted by Crippen LogP contribution is 2.41. The number of carbonyl (C=O) groups is 1. The van der Waals surface area contributed by atoms with E-state index in [1.807, 2.05) is 6.07 Å². The van der Waals surface area contributed by atoms with Gasteiger partial charge in [0, 0.05) is 20.1 Å². The van der Waals surface area contributed by atoms with Crippen molar-refractivity contribution in [1.29, 1.82) is 0 Å². The van der Waals surface area contributed by atoms with Crippen LogP contribution in [0.1, 0.15) is 36.6 Å². The molecule has 0 aliphatic carbocycles. The minimum Gasteiger partial charge on any atom is -0.493 e. The van der Waals surface area contributed by atoms with Gasteiger partial charge in [0.05, 0.1) is 54.3 Å². The van der Waals surface area contributed by atoms with Crippen LogP contribution in [0.15, 0.2) is 72.5 Å². The number of fused-ring (bicyclic) bond motifs is 1. The van der Waals surface area contributed by atoms with E-state index in [1.165, 1.54) is 37.2 Å². The molecule has 246 valence electrons. The van der Waals surface area contributed by atoms with E-state index in [1.54, 1.807) is 56.3 Å². The van der Waals surface area contributed by atoms with E-state index < -0.39 is 12.0 Å². The molecule has 5 rings (SSSR count). The highest BCUT2D eigenvalue weighted by molar-refractivity contribution is 9.10. The summed E-state index contributed by atoms with van der Waals surface area (Å²) < 4.78 is 31.3. The summed E-state index contributed by atoms with van der Waals surface area (Å²) in [5, 5.41) is 1.02. The number of thiazole rings is 1. The van der Waals surface area contributed by atoms with Crippen molar-refractivity contribution in [1.82, 2.24) is 4.57 Å². The van der Waals surface area contributed by atoms with Gasteiger partial charge < -0.3 is 23.7 Å². The van der Waals surface area contributed by atoms with E-state index in [4.69, 9.17) is 46.9 Å². The Morgan fingerprint density at radius 3 is 2.36 bits per heavy atom. The molecule has 0 spiro atoms. The molecule has 0 amide bonds. The minimum atomic E-state index is -0.863. The number of allylic oxidation sites excluding steroid dienone is 1. The number of aromatic nitrogens is 1. The highest BCUT2D eigenvalue weighted by Gasteiger charge is 2.35. The summed E-state index contributed by atoms with van der Waals surface area (Å²) in [4.78, 5) is 32.6. The van der Waals surface area contributed by atoms with Crippen molar-refractivity contribution in [3.05, 3.63) is 109 Å². The number of hydrogen-bond acceptors (Lipinski definition) is 9. The Hall–Kier alpha value is -3.29. The molecular weight excluding hydrogens is 799 g/mol. The topological polar surface area (TPSA) is 97.6 Å². The minimum absolute atomic E-state index is 0.156. The summed E-state index contributed by atoms with van der Waals surface area (Å²) in [6.45, 7) is 3.78. The van der Waals surface area contributed by atoms with Gasteiger partial charge in [-0.2, -0.15) is 0 Å². The average molecular weight is 827 g/mol. The molecule has 1 aromatic heterocycles. The van der Waals surface area contributed by atoms with Crippen molar-refractivity contribution in [3.63, 3.8) is 0 Å². The molecule has 1 atom stereocenters. The van der Waals surface area contributed by atoms with Gasteiger partial charge in [-0.3, -0.25) is 9.36 Å². The monoisotopic (exact) mass is 824 g/mol. The number of ether oxygens (including phenoxy) is 5. The third-order valence-electron chi connectivity index (χ3n) is 7.25. The van der Waals surface area contributed by atoms with Gasteiger partial charge in [-0.15, -0.1) is 0 Å². The quantitative estimate of drug-likeness (QED) is 0.156. The number of rotatable bonds is 10. The molecule has 4 aromatic rings. The van der Waals surface area contributed by atoms with Crippen molar-refractivity contribution < 1.29 is 28.5 Å². The van der Waals surface area contributed by atoms with E-state index in [0.717, 1.165) is 5.56 Å². The number of methoxy groups -OCH3 is 3. The normalized spacial score (nSPS) is 14.4. The van der Waals surface area contributed by atoms with Crippen LogP contribution in [0, 0.1) is 0 Å². The van der Waals surface area contributed by atoms with Crippen molar-refractivity contribution in [2.24, 2.45) is 4.99 Å². The Balaban J connectivity index is 1.62. The van der Waals surface area contributed by atoms with Gasteiger partial charge in [-0.1, -0.05) is 56.5 Å². The maximum Gasteiger partial charge on any atom is 0.338 e. The Kier molecular flexibility index (Phi) is 11.1. The van der Waals surface area contributed by atoms with Gasteiger partial charge >= 0.3 is 5.97 Å². The van der Waals surface area contributed by atoms with Crippen molar-refractivity contribution in [3.8, 4) is 23.0 Å². The first-order valence-electron chi connectivity index (χ1n) is 14.1. The summed E-state index contributed by atoms with van der Waals surface area (Å²) in [7, 11) is 4.58. The van der Waals surface area contributed by atoms with Gasteiger partial charge in [0.25, 0.3) is 5.56 Å². The molecule has 0 unspecified atom stereocenters. The van der Waals surface area contributed by atoms with Crippen LogP contribution in [0.2, 0.25) is 10.0 Å². The number of halogens is 4. The first-order chi connectivity index (χ1) is 22.5. The van der Waals surface area contributed by atoms with Crippen LogP contribution in [-0.2, 0) is 16.1 Å². The van der Waals surface area contributed by atoms with Gasteiger partial charge in [0.1, 0.15) is 6.61 Å². The van der Waals surface area contributed by atoms with Crippen LogP contribution in [0.25, 0.3) is 6.08 Å². The van der Waals surface area contributed by atoms with Crippen molar-refractivity contribution in [2.75, 3.05) is 27.9 Å². The molecule has 1 aliphatic heterocycles. The third-order valence-corrected chi connectivity index (χ3v) is 10.1. The third kappa shape index (κ3) is 7.12. The Morgan fingerprint density at radius 2 is 1.70 bits per heavy atom. The van der Waals surface area contributed by atoms with Crippen molar-refractivity contribution in [2.45, 2.75) is 26.5 Å². The molecular formula is C33H28Br2Cl2N2O7S. The summed E-state index contributed by atoms with van der Waals surface area (Å²) in [5.74, 6) is 1.25. The zero-order valence-electron chi connectivity index (χ0n) is 25.8. The molecule has 1 aliphatic rings. The molecule has 2 heterocycles. The van der Waals surface area contributed by atoms with Gasteiger partial charge in [-0.05, 0) is 83.4 Å². The first kappa shape index (κ1) is 35.0. The Bertz CT molecular complexity index is 2100. The maximum absolute atomic E-state index is 14.2. The van der Waals surface area contributed by atoms with Crippen LogP contribution < -0.4 is 33.8 Å². The van der Waals surface area contributed by atoms with Gasteiger partial charge in [0.15, 0.2) is 27.8 Å². The van der Waals surface area contributed by atoms with Crippen LogP contribution in [0.5, 0.6) is 23.0 Å². The van der Waals surface area contributed by atoms with Gasteiger partial charge in [0.2, 0.25) is 0 Å². The number of carbonyl (C=O) groups excluding carboxylic acids is 1. The zero-order valence-corrected chi connectivity index (χ0v) is 31.3. The molecule has 0 bridgehead atoms. The fourth-order valence-electron chi connectivity index (χ4n) is 5.07. The first-order valence-corrected chi connectivity index (χ1v) is 17.2. The maximum atomic E-state index is 14.2. The van der Waals surface area contributed by atoms with E-state index in [9.17, 15) is 9.59 Å². The Labute approximate surface area is 301 Å². The fraction of sp³-hybridized carbons (Fsp3) is 0.242. The summed E-state index contributed by atoms with van der Waals surface area (Å²) in [6, 6.07) is 11.4. The lowest BCUT2D eigenvalue weighted by atomic mass is 9.95. The zero-order chi connectivity index (χ0) is 34.0. The molecule has 47 heavy (non-hydrogen) atoms. The van der Waals surface area contributed by atoms with E-state index in [-0.39, 0.29) is 24.3 Å². The summed E-state index contributed by atoms with van der Waals surface area (Å²) in [5.41, 5.74) is 2.35. The van der Waals surface area contributed by atoms with Crippen LogP contribution in [0.4, 0.5) is 0 Å². The molecule has 0 saturated heterocycles.